The smallest absolute Gasteiger partial charge is 0.315 e. The highest BCUT2D eigenvalue weighted by Crippen LogP contribution is 2.18. The Morgan fingerprint density at radius 2 is 1.67 bits per heavy atom. The summed E-state index contributed by atoms with van der Waals surface area (Å²) >= 11 is 0. The molecule has 0 unspecified atom stereocenters. The van der Waals surface area contributed by atoms with Crippen molar-refractivity contribution in [2.24, 2.45) is 0 Å². The van der Waals surface area contributed by atoms with Gasteiger partial charge in [-0.3, -0.25) is 4.79 Å². The van der Waals surface area contributed by atoms with Crippen molar-refractivity contribution in [3.05, 3.63) is 48.0 Å². The van der Waals surface area contributed by atoms with E-state index in [1.807, 2.05) is 63.2 Å². The Bertz CT molecular complexity index is 707. The zero-order chi connectivity index (χ0) is 17.5. The summed E-state index contributed by atoms with van der Waals surface area (Å²) in [4.78, 5) is 23.7. The molecule has 3 N–H and O–H groups in total. The van der Waals surface area contributed by atoms with Crippen molar-refractivity contribution >= 4 is 22.7 Å². The van der Waals surface area contributed by atoms with E-state index >= 15 is 0 Å². The minimum atomic E-state index is -0.271. The number of hydrogen-bond acceptors (Lipinski definition) is 2. The summed E-state index contributed by atoms with van der Waals surface area (Å²) in [6.45, 7) is 6.08. The number of fused-ring (bicyclic) bond motifs is 1. The molecule has 0 fully saturated rings. The van der Waals surface area contributed by atoms with Crippen molar-refractivity contribution in [3.8, 4) is 0 Å². The highest BCUT2D eigenvalue weighted by atomic mass is 16.2. The third kappa shape index (κ3) is 5.26. The van der Waals surface area contributed by atoms with Crippen molar-refractivity contribution in [2.45, 2.75) is 45.8 Å². The maximum absolute atomic E-state index is 12.0. The predicted molar refractivity (Wildman–Crippen MR) is 96.7 cm³/mol. The van der Waals surface area contributed by atoms with E-state index in [1.165, 1.54) is 0 Å². The first kappa shape index (κ1) is 17.8. The fraction of sp³-hybridized carbons (Fsp3) is 0.368. The molecular formula is C19H25N3O2. The molecule has 0 radical (unpaired) electrons. The van der Waals surface area contributed by atoms with Crippen LogP contribution in [0.1, 0.15) is 32.8 Å². The van der Waals surface area contributed by atoms with Crippen LogP contribution in [0.5, 0.6) is 0 Å². The molecule has 2 aromatic carbocycles. The van der Waals surface area contributed by atoms with Crippen molar-refractivity contribution in [3.63, 3.8) is 0 Å². The maximum atomic E-state index is 12.0. The van der Waals surface area contributed by atoms with E-state index in [0.29, 0.717) is 6.54 Å². The molecule has 2 rings (SSSR count). The molecule has 0 spiro atoms. The average molecular weight is 327 g/mol. The molecule has 3 amide bonds. The largest absolute Gasteiger partial charge is 0.354 e. The lowest BCUT2D eigenvalue weighted by Crippen LogP contribution is -2.43. The second-order valence-electron chi connectivity index (χ2n) is 6.29. The van der Waals surface area contributed by atoms with Crippen molar-refractivity contribution in [1.29, 1.82) is 0 Å². The van der Waals surface area contributed by atoms with Crippen molar-refractivity contribution in [2.75, 3.05) is 0 Å². The quantitative estimate of drug-likeness (QED) is 0.763. The number of benzene rings is 2. The summed E-state index contributed by atoms with van der Waals surface area (Å²) < 4.78 is 0. The van der Waals surface area contributed by atoms with Crippen LogP contribution in [0.4, 0.5) is 4.79 Å². The molecule has 1 atom stereocenters. The normalized spacial score (nSPS) is 12.0. The second-order valence-corrected chi connectivity index (χ2v) is 6.29. The van der Waals surface area contributed by atoms with Crippen LogP contribution in [0.3, 0.4) is 0 Å². The van der Waals surface area contributed by atoms with Crippen LogP contribution < -0.4 is 16.0 Å². The minimum absolute atomic E-state index is 0.0631. The number of carbonyl (C=O) groups excluding carboxylic acids is 2. The van der Waals surface area contributed by atoms with Crippen LogP contribution in [0.25, 0.3) is 10.8 Å². The zero-order valence-electron chi connectivity index (χ0n) is 14.4. The van der Waals surface area contributed by atoms with Gasteiger partial charge in [0.05, 0.1) is 0 Å². The highest BCUT2D eigenvalue weighted by Gasteiger charge is 2.12. The topological polar surface area (TPSA) is 70.2 Å². The Morgan fingerprint density at radius 1 is 0.958 bits per heavy atom. The molecular weight excluding hydrogens is 302 g/mol. The molecule has 0 aliphatic carbocycles. The minimum Gasteiger partial charge on any atom is -0.354 e. The van der Waals surface area contributed by atoms with Gasteiger partial charge in [-0.1, -0.05) is 42.5 Å². The molecule has 0 bridgehead atoms. The number of urea groups is 1. The van der Waals surface area contributed by atoms with Gasteiger partial charge in [0, 0.05) is 25.0 Å². The van der Waals surface area contributed by atoms with Crippen LogP contribution in [-0.4, -0.2) is 24.0 Å². The molecule has 5 heteroatoms. The summed E-state index contributed by atoms with van der Waals surface area (Å²) in [6, 6.07) is 13.7. The van der Waals surface area contributed by atoms with Crippen LogP contribution in [0, 0.1) is 0 Å². The molecule has 24 heavy (non-hydrogen) atoms. The van der Waals surface area contributed by atoms with Crippen molar-refractivity contribution in [1.82, 2.24) is 16.0 Å². The number of carbonyl (C=O) groups is 2. The molecule has 0 aliphatic rings. The Labute approximate surface area is 142 Å². The van der Waals surface area contributed by atoms with Gasteiger partial charge in [0.25, 0.3) is 0 Å². The van der Waals surface area contributed by atoms with Crippen LogP contribution >= 0.6 is 0 Å². The Kier molecular flexibility index (Phi) is 6.18. The molecule has 2 aromatic rings. The van der Waals surface area contributed by atoms with Gasteiger partial charge in [-0.25, -0.2) is 4.79 Å². The molecule has 0 aromatic heterocycles. The first-order chi connectivity index (χ1) is 11.5. The van der Waals surface area contributed by atoms with E-state index in [9.17, 15) is 9.59 Å². The average Bonchev–Trinajstić information content (AvgIpc) is 2.51. The van der Waals surface area contributed by atoms with E-state index in [2.05, 4.69) is 16.0 Å². The van der Waals surface area contributed by atoms with E-state index in [0.717, 1.165) is 16.3 Å². The number of rotatable bonds is 6. The van der Waals surface area contributed by atoms with E-state index in [1.54, 1.807) is 0 Å². The summed E-state index contributed by atoms with van der Waals surface area (Å²) in [5.41, 5.74) is 1.06. The second kappa shape index (κ2) is 8.34. The van der Waals surface area contributed by atoms with Gasteiger partial charge < -0.3 is 16.0 Å². The van der Waals surface area contributed by atoms with Gasteiger partial charge in [-0.05, 0) is 37.1 Å². The van der Waals surface area contributed by atoms with Gasteiger partial charge in [-0.2, -0.15) is 0 Å². The fourth-order valence-electron chi connectivity index (χ4n) is 2.61. The molecule has 0 saturated carbocycles. The Hall–Kier alpha value is -2.56. The van der Waals surface area contributed by atoms with Crippen molar-refractivity contribution < 1.29 is 9.59 Å². The molecule has 5 nitrogen and oxygen atoms in total. The fourth-order valence-corrected chi connectivity index (χ4v) is 2.61. The lowest BCUT2D eigenvalue weighted by atomic mass is 10.0. The maximum Gasteiger partial charge on any atom is 0.315 e. The third-order valence-electron chi connectivity index (χ3n) is 3.64. The monoisotopic (exact) mass is 327 g/mol. The van der Waals surface area contributed by atoms with E-state index in [-0.39, 0.29) is 30.4 Å². The molecule has 0 heterocycles. The SMILES string of the molecule is CC(C)NC(=O)C[C@@H](C)NC(=O)NCc1cccc2ccccc12. The first-order valence-electron chi connectivity index (χ1n) is 8.26. The van der Waals surface area contributed by atoms with Gasteiger partial charge in [-0.15, -0.1) is 0 Å². The predicted octanol–water partition coefficient (Wildman–Crippen LogP) is 2.94. The molecule has 0 aliphatic heterocycles. The molecule has 128 valence electrons. The summed E-state index contributed by atoms with van der Waals surface area (Å²) in [6.07, 6.45) is 0.264. The third-order valence-corrected chi connectivity index (χ3v) is 3.64. The Morgan fingerprint density at radius 3 is 2.42 bits per heavy atom. The standard InChI is InChI=1S/C19H25N3O2/c1-13(2)21-18(23)11-14(3)22-19(24)20-12-16-9-6-8-15-7-4-5-10-17(15)16/h4-10,13-14H,11-12H2,1-3H3,(H,21,23)(H2,20,22,24)/t14-/m1/s1. The van der Waals surface area contributed by atoms with E-state index in [4.69, 9.17) is 0 Å². The highest BCUT2D eigenvalue weighted by molar-refractivity contribution is 5.86. The zero-order valence-corrected chi connectivity index (χ0v) is 14.4. The summed E-state index contributed by atoms with van der Waals surface area (Å²) in [5.74, 6) is -0.0631. The van der Waals surface area contributed by atoms with E-state index < -0.39 is 0 Å². The number of amides is 3. The summed E-state index contributed by atoms with van der Waals surface area (Å²) in [5, 5.41) is 10.7. The van der Waals surface area contributed by atoms with Gasteiger partial charge in [0.2, 0.25) is 5.91 Å². The Balaban J connectivity index is 1.85. The lowest BCUT2D eigenvalue weighted by Gasteiger charge is -2.16. The van der Waals surface area contributed by atoms with Crippen LogP contribution in [0.15, 0.2) is 42.5 Å². The van der Waals surface area contributed by atoms with Crippen LogP contribution in [0.2, 0.25) is 0 Å². The van der Waals surface area contributed by atoms with Gasteiger partial charge in [0.1, 0.15) is 0 Å². The van der Waals surface area contributed by atoms with Gasteiger partial charge >= 0.3 is 6.03 Å². The lowest BCUT2D eigenvalue weighted by molar-refractivity contribution is -0.121. The van der Waals surface area contributed by atoms with Gasteiger partial charge in [0.15, 0.2) is 0 Å². The van der Waals surface area contributed by atoms with Crippen LogP contribution in [-0.2, 0) is 11.3 Å². The number of hydrogen-bond donors (Lipinski definition) is 3. The first-order valence-corrected chi connectivity index (χ1v) is 8.26. The molecule has 0 saturated heterocycles. The number of nitrogens with one attached hydrogen (secondary N) is 3. The summed E-state index contributed by atoms with van der Waals surface area (Å²) in [7, 11) is 0.